The summed E-state index contributed by atoms with van der Waals surface area (Å²) in [6, 6.07) is 0. The Hall–Kier alpha value is -0.810. The lowest BCUT2D eigenvalue weighted by Gasteiger charge is -2.06. The summed E-state index contributed by atoms with van der Waals surface area (Å²) in [5, 5.41) is 3.01. The predicted octanol–water partition coefficient (Wildman–Crippen LogP) is 0.232. The highest BCUT2D eigenvalue weighted by molar-refractivity contribution is 5.78. The average Bonchev–Trinajstić information content (AvgIpc) is 2.21. The molecule has 0 bridgehead atoms. The summed E-state index contributed by atoms with van der Waals surface area (Å²) in [7, 11) is 0. The zero-order valence-corrected chi connectivity index (χ0v) is 9.18. The summed E-state index contributed by atoms with van der Waals surface area (Å²) in [6.07, 6.45) is 1.99. The van der Waals surface area contributed by atoms with Crippen molar-refractivity contribution < 1.29 is 4.74 Å². The molecule has 0 aromatic carbocycles. The van der Waals surface area contributed by atoms with E-state index < -0.39 is 0 Å². The molecule has 0 amide bonds. The van der Waals surface area contributed by atoms with Crippen molar-refractivity contribution in [2.45, 2.75) is 26.7 Å². The van der Waals surface area contributed by atoms with Crippen LogP contribution in [-0.4, -0.2) is 32.3 Å². The molecule has 0 heterocycles. The second kappa shape index (κ2) is 10.3. The molecule has 14 heavy (non-hydrogen) atoms. The van der Waals surface area contributed by atoms with Gasteiger partial charge in [-0.05, 0) is 19.8 Å². The fourth-order valence-corrected chi connectivity index (χ4v) is 0.924. The molecule has 5 nitrogen and oxygen atoms in total. The van der Waals surface area contributed by atoms with Crippen LogP contribution in [0, 0.1) is 0 Å². The van der Waals surface area contributed by atoms with Crippen molar-refractivity contribution in [3.8, 4) is 0 Å². The molecular formula is C9H22N4O. The Morgan fingerprint density at radius 1 is 1.36 bits per heavy atom. The highest BCUT2D eigenvalue weighted by Gasteiger charge is 1.91. The van der Waals surface area contributed by atoms with E-state index in [0.29, 0.717) is 5.96 Å². The monoisotopic (exact) mass is 202 g/mol. The number of rotatable bonds is 7. The van der Waals surface area contributed by atoms with Gasteiger partial charge in [-0.3, -0.25) is 10.4 Å². The van der Waals surface area contributed by atoms with Crippen molar-refractivity contribution in [1.29, 1.82) is 0 Å². The first-order valence-electron chi connectivity index (χ1n) is 5.17. The quantitative estimate of drug-likeness (QED) is 0.182. The SMILES string of the molecule is CCCOCCCN=C(NN)NCC. The number of hydrazine groups is 1. The number of aliphatic imine (C=N–C) groups is 1. The third-order valence-electron chi connectivity index (χ3n) is 1.55. The molecule has 84 valence electrons. The molecule has 0 aromatic heterocycles. The van der Waals surface area contributed by atoms with Crippen LogP contribution in [0.2, 0.25) is 0 Å². The maximum absolute atomic E-state index is 5.32. The van der Waals surface area contributed by atoms with Crippen LogP contribution < -0.4 is 16.6 Å². The molecule has 0 aliphatic carbocycles. The molecular weight excluding hydrogens is 180 g/mol. The zero-order chi connectivity index (χ0) is 10.6. The van der Waals surface area contributed by atoms with Gasteiger partial charge in [0.05, 0.1) is 0 Å². The predicted molar refractivity (Wildman–Crippen MR) is 59.0 cm³/mol. The van der Waals surface area contributed by atoms with Crippen molar-refractivity contribution >= 4 is 5.96 Å². The number of nitrogens with zero attached hydrogens (tertiary/aromatic N) is 1. The van der Waals surface area contributed by atoms with Gasteiger partial charge in [0.25, 0.3) is 0 Å². The van der Waals surface area contributed by atoms with Crippen LogP contribution in [0.3, 0.4) is 0 Å². The molecule has 0 radical (unpaired) electrons. The van der Waals surface area contributed by atoms with Crippen LogP contribution in [0.4, 0.5) is 0 Å². The molecule has 0 rings (SSSR count). The largest absolute Gasteiger partial charge is 0.381 e. The minimum absolute atomic E-state index is 0.642. The van der Waals surface area contributed by atoms with Crippen LogP contribution in [0.5, 0.6) is 0 Å². The van der Waals surface area contributed by atoms with Gasteiger partial charge in [-0.1, -0.05) is 6.92 Å². The maximum atomic E-state index is 5.32. The summed E-state index contributed by atoms with van der Waals surface area (Å²) in [5.74, 6) is 5.89. The van der Waals surface area contributed by atoms with Gasteiger partial charge in [0.15, 0.2) is 0 Å². The van der Waals surface area contributed by atoms with Crippen LogP contribution in [0.1, 0.15) is 26.7 Å². The van der Waals surface area contributed by atoms with Crippen LogP contribution in [0.15, 0.2) is 4.99 Å². The van der Waals surface area contributed by atoms with Gasteiger partial charge in [0.1, 0.15) is 0 Å². The summed E-state index contributed by atoms with van der Waals surface area (Å²) in [4.78, 5) is 4.22. The lowest BCUT2D eigenvalue weighted by atomic mass is 10.4. The number of ether oxygens (including phenoxy) is 1. The smallest absolute Gasteiger partial charge is 0.205 e. The van der Waals surface area contributed by atoms with E-state index in [1.54, 1.807) is 0 Å². The Bertz CT molecular complexity index is 150. The third-order valence-corrected chi connectivity index (χ3v) is 1.55. The minimum atomic E-state index is 0.642. The molecule has 0 unspecified atom stereocenters. The van der Waals surface area contributed by atoms with Gasteiger partial charge in [-0.2, -0.15) is 0 Å². The first-order chi connectivity index (χ1) is 6.85. The molecule has 4 N–H and O–H groups in total. The Kier molecular flexibility index (Phi) is 9.68. The van der Waals surface area contributed by atoms with Crippen LogP contribution in [0.25, 0.3) is 0 Å². The van der Waals surface area contributed by atoms with Crippen LogP contribution >= 0.6 is 0 Å². The van der Waals surface area contributed by atoms with E-state index in [2.05, 4.69) is 22.7 Å². The molecule has 0 saturated heterocycles. The van der Waals surface area contributed by atoms with Gasteiger partial charge in [0.2, 0.25) is 5.96 Å². The Labute approximate surface area is 86.1 Å². The first kappa shape index (κ1) is 13.2. The van der Waals surface area contributed by atoms with Gasteiger partial charge >= 0.3 is 0 Å². The van der Waals surface area contributed by atoms with E-state index in [1.165, 1.54) is 0 Å². The topological polar surface area (TPSA) is 71.7 Å². The molecule has 0 aliphatic rings. The van der Waals surface area contributed by atoms with Crippen molar-refractivity contribution in [3.63, 3.8) is 0 Å². The van der Waals surface area contributed by atoms with Gasteiger partial charge in [-0.25, -0.2) is 5.84 Å². The second-order valence-electron chi connectivity index (χ2n) is 2.87. The van der Waals surface area contributed by atoms with E-state index >= 15 is 0 Å². The number of hydrogen-bond donors (Lipinski definition) is 3. The number of nitrogens with one attached hydrogen (secondary N) is 2. The Morgan fingerprint density at radius 3 is 2.71 bits per heavy atom. The summed E-state index contributed by atoms with van der Waals surface area (Å²) in [5.41, 5.74) is 2.50. The maximum Gasteiger partial charge on any atom is 0.205 e. The number of guanidine groups is 1. The average molecular weight is 202 g/mol. The molecule has 0 saturated carbocycles. The third kappa shape index (κ3) is 7.82. The lowest BCUT2D eigenvalue weighted by molar-refractivity contribution is 0.134. The fraction of sp³-hybridized carbons (Fsp3) is 0.889. The van der Waals surface area contributed by atoms with E-state index in [1.807, 2.05) is 6.92 Å². The zero-order valence-electron chi connectivity index (χ0n) is 9.18. The fourth-order valence-electron chi connectivity index (χ4n) is 0.924. The standard InChI is InChI=1S/C9H22N4O/c1-3-7-14-8-5-6-12-9(13-10)11-4-2/h3-8,10H2,1-2H3,(H2,11,12,13). The Balaban J connectivity index is 3.38. The summed E-state index contributed by atoms with van der Waals surface area (Å²) in [6.45, 7) is 7.24. The van der Waals surface area contributed by atoms with E-state index in [0.717, 1.165) is 39.1 Å². The molecule has 0 aliphatic heterocycles. The van der Waals surface area contributed by atoms with E-state index in [-0.39, 0.29) is 0 Å². The van der Waals surface area contributed by atoms with E-state index in [4.69, 9.17) is 10.6 Å². The van der Waals surface area contributed by atoms with Crippen molar-refractivity contribution in [1.82, 2.24) is 10.7 Å². The number of nitrogens with two attached hydrogens (primary N) is 1. The first-order valence-corrected chi connectivity index (χ1v) is 5.17. The Morgan fingerprint density at radius 2 is 2.14 bits per heavy atom. The molecule has 5 heteroatoms. The molecule has 0 fully saturated rings. The normalized spacial score (nSPS) is 11.5. The summed E-state index contributed by atoms with van der Waals surface area (Å²) < 4.78 is 5.32. The minimum Gasteiger partial charge on any atom is -0.381 e. The molecule has 0 spiro atoms. The summed E-state index contributed by atoms with van der Waals surface area (Å²) >= 11 is 0. The van der Waals surface area contributed by atoms with E-state index in [9.17, 15) is 0 Å². The molecule has 0 aromatic rings. The number of hydrogen-bond acceptors (Lipinski definition) is 3. The van der Waals surface area contributed by atoms with Gasteiger partial charge in [0, 0.05) is 26.3 Å². The van der Waals surface area contributed by atoms with Crippen molar-refractivity contribution in [2.75, 3.05) is 26.3 Å². The second-order valence-corrected chi connectivity index (χ2v) is 2.87. The van der Waals surface area contributed by atoms with Crippen molar-refractivity contribution in [3.05, 3.63) is 0 Å². The van der Waals surface area contributed by atoms with Crippen molar-refractivity contribution in [2.24, 2.45) is 10.8 Å². The molecule has 0 atom stereocenters. The van der Waals surface area contributed by atoms with Crippen LogP contribution in [-0.2, 0) is 4.74 Å². The lowest BCUT2D eigenvalue weighted by Crippen LogP contribution is -2.41. The van der Waals surface area contributed by atoms with Gasteiger partial charge < -0.3 is 10.1 Å². The highest BCUT2D eigenvalue weighted by Crippen LogP contribution is 1.86. The van der Waals surface area contributed by atoms with Gasteiger partial charge in [-0.15, -0.1) is 0 Å². The highest BCUT2D eigenvalue weighted by atomic mass is 16.5.